The van der Waals surface area contributed by atoms with Crippen molar-refractivity contribution >= 4 is 48.9 Å². The highest BCUT2D eigenvalue weighted by Gasteiger charge is 2.35. The largest absolute Gasteiger partial charge is 0.495 e. The van der Waals surface area contributed by atoms with Gasteiger partial charge in [-0.25, -0.2) is 21.6 Å². The third-order valence-corrected chi connectivity index (χ3v) is 7.65. The van der Waals surface area contributed by atoms with E-state index in [1.807, 2.05) is 0 Å². The van der Waals surface area contributed by atoms with E-state index in [9.17, 15) is 21.6 Å². The van der Waals surface area contributed by atoms with E-state index in [1.54, 1.807) is 13.8 Å². The molecule has 0 bridgehead atoms. The molecular weight excluding hydrogens is 494 g/mol. The predicted octanol–water partition coefficient (Wildman–Crippen LogP) is 2.20. The fraction of sp³-hybridized carbons (Fsp3) is 0.350. The molecule has 0 aromatic heterocycles. The molecule has 0 saturated heterocycles. The van der Waals surface area contributed by atoms with Crippen LogP contribution in [0.4, 0.5) is 11.4 Å². The number of rotatable bonds is 7. The van der Waals surface area contributed by atoms with Crippen LogP contribution in [0.1, 0.15) is 13.8 Å². The van der Waals surface area contributed by atoms with Gasteiger partial charge in [-0.1, -0.05) is 11.6 Å². The van der Waals surface area contributed by atoms with E-state index in [0.29, 0.717) is 5.02 Å². The van der Waals surface area contributed by atoms with Crippen LogP contribution >= 0.6 is 11.6 Å². The molecule has 3 rings (SSSR count). The Balaban J connectivity index is 1.92. The number of carbonyl (C=O) groups is 1. The van der Waals surface area contributed by atoms with Crippen molar-refractivity contribution in [1.29, 1.82) is 0 Å². The second-order valence-corrected chi connectivity index (χ2v) is 11.7. The first-order valence-electron chi connectivity index (χ1n) is 9.77. The summed E-state index contributed by atoms with van der Waals surface area (Å²) in [6.07, 6.45) is -0.205. The molecule has 180 valence electrons. The highest BCUT2D eigenvalue weighted by Crippen LogP contribution is 2.37. The van der Waals surface area contributed by atoms with Gasteiger partial charge in [-0.05, 0) is 50.2 Å². The molecule has 2 N–H and O–H groups in total. The zero-order valence-electron chi connectivity index (χ0n) is 18.3. The Labute approximate surface area is 197 Å². The van der Waals surface area contributed by atoms with E-state index >= 15 is 0 Å². The molecule has 1 unspecified atom stereocenters. The summed E-state index contributed by atoms with van der Waals surface area (Å²) in [5.41, 5.74) is 0.310. The first kappa shape index (κ1) is 25.1. The maximum absolute atomic E-state index is 13.0. The van der Waals surface area contributed by atoms with Gasteiger partial charge in [-0.2, -0.15) is 0 Å². The molecule has 13 heteroatoms. The monoisotopic (exact) mass is 517 g/mol. The van der Waals surface area contributed by atoms with Crippen LogP contribution in [0.25, 0.3) is 0 Å². The molecule has 0 radical (unpaired) electrons. The van der Waals surface area contributed by atoms with Crippen LogP contribution in [-0.2, 0) is 24.8 Å². The average Bonchev–Trinajstić information content (AvgIpc) is 2.71. The Morgan fingerprint density at radius 3 is 2.48 bits per heavy atom. The number of halogens is 1. The summed E-state index contributed by atoms with van der Waals surface area (Å²) >= 11 is 5.99. The van der Waals surface area contributed by atoms with Gasteiger partial charge in [0.05, 0.1) is 36.2 Å². The van der Waals surface area contributed by atoms with Crippen LogP contribution in [0.15, 0.2) is 41.3 Å². The van der Waals surface area contributed by atoms with E-state index in [2.05, 4.69) is 10.0 Å². The molecule has 2 aromatic rings. The fourth-order valence-electron chi connectivity index (χ4n) is 3.22. The Bertz CT molecular complexity index is 1280. The third-order valence-electron chi connectivity index (χ3n) is 4.61. The van der Waals surface area contributed by atoms with Gasteiger partial charge in [-0.3, -0.25) is 9.10 Å². The molecule has 1 aliphatic rings. The number of nitrogens with one attached hydrogen (secondary N) is 2. The molecule has 1 atom stereocenters. The number of carbonyl (C=O) groups excluding carboxylic acids is 1. The lowest BCUT2D eigenvalue weighted by Crippen LogP contribution is -2.48. The van der Waals surface area contributed by atoms with Crippen molar-refractivity contribution < 1.29 is 31.1 Å². The predicted molar refractivity (Wildman–Crippen MR) is 125 cm³/mol. The van der Waals surface area contributed by atoms with Crippen molar-refractivity contribution in [3.05, 3.63) is 41.4 Å². The smallest absolute Gasteiger partial charge is 0.267 e. The van der Waals surface area contributed by atoms with Crippen molar-refractivity contribution in [3.8, 4) is 11.5 Å². The molecule has 0 aliphatic carbocycles. The van der Waals surface area contributed by atoms with Gasteiger partial charge in [-0.15, -0.1) is 0 Å². The molecule has 33 heavy (non-hydrogen) atoms. The van der Waals surface area contributed by atoms with Gasteiger partial charge in [0.15, 0.2) is 6.10 Å². The van der Waals surface area contributed by atoms with Gasteiger partial charge in [0.2, 0.25) is 20.0 Å². The second-order valence-electron chi connectivity index (χ2n) is 7.64. The van der Waals surface area contributed by atoms with Crippen LogP contribution in [0, 0.1) is 0 Å². The van der Waals surface area contributed by atoms with Crippen molar-refractivity contribution in [2.24, 2.45) is 0 Å². The Kier molecular flexibility index (Phi) is 7.13. The molecule has 1 aliphatic heterocycles. The summed E-state index contributed by atoms with van der Waals surface area (Å²) in [5.74, 6) is -0.302. The van der Waals surface area contributed by atoms with Gasteiger partial charge in [0.1, 0.15) is 11.5 Å². The molecule has 0 spiro atoms. The van der Waals surface area contributed by atoms with E-state index < -0.39 is 32.1 Å². The number of ether oxygens (including phenoxy) is 2. The van der Waals surface area contributed by atoms with Gasteiger partial charge < -0.3 is 14.8 Å². The van der Waals surface area contributed by atoms with E-state index in [0.717, 1.165) is 10.6 Å². The summed E-state index contributed by atoms with van der Waals surface area (Å²) in [6, 6.07) is 8.10. The lowest BCUT2D eigenvalue weighted by atomic mass is 10.2. The summed E-state index contributed by atoms with van der Waals surface area (Å²) in [6.45, 7) is 3.07. The van der Waals surface area contributed by atoms with Crippen molar-refractivity contribution in [2.75, 3.05) is 29.5 Å². The quantitative estimate of drug-likeness (QED) is 0.575. The Hall–Kier alpha value is -2.54. The second kappa shape index (κ2) is 9.37. The highest BCUT2D eigenvalue weighted by atomic mass is 35.5. The maximum Gasteiger partial charge on any atom is 0.267 e. The van der Waals surface area contributed by atoms with E-state index in [4.69, 9.17) is 21.1 Å². The van der Waals surface area contributed by atoms with Gasteiger partial charge in [0, 0.05) is 11.1 Å². The van der Waals surface area contributed by atoms with Crippen LogP contribution in [0.2, 0.25) is 5.02 Å². The summed E-state index contributed by atoms with van der Waals surface area (Å²) in [5, 5.41) is 2.89. The minimum Gasteiger partial charge on any atom is -0.495 e. The summed E-state index contributed by atoms with van der Waals surface area (Å²) in [7, 11) is -6.20. The maximum atomic E-state index is 13.0. The zero-order valence-corrected chi connectivity index (χ0v) is 20.7. The number of hydrogen-bond donors (Lipinski definition) is 2. The molecular formula is C20H24ClN3O7S2. The number of anilines is 2. The van der Waals surface area contributed by atoms with E-state index in [-0.39, 0.29) is 40.4 Å². The van der Waals surface area contributed by atoms with Crippen molar-refractivity contribution in [1.82, 2.24) is 4.72 Å². The molecule has 2 aromatic carbocycles. The molecule has 10 nitrogen and oxygen atoms in total. The van der Waals surface area contributed by atoms with Gasteiger partial charge >= 0.3 is 0 Å². The molecule has 0 fully saturated rings. The standard InChI is InChI=1S/C20H24ClN3O7S2/c1-12(2)23-33(28,29)14-6-8-17(30-3)15(10-14)22-20(25)19-11-24(32(4,26)27)16-9-13(21)5-7-18(16)31-19/h5-10,12,19,23H,11H2,1-4H3,(H,22,25). The lowest BCUT2D eigenvalue weighted by Gasteiger charge is -2.34. The Morgan fingerprint density at radius 1 is 1.18 bits per heavy atom. The first-order valence-corrected chi connectivity index (χ1v) is 13.5. The molecule has 1 heterocycles. The number of hydrogen-bond acceptors (Lipinski definition) is 7. The fourth-order valence-corrected chi connectivity index (χ4v) is 5.57. The average molecular weight is 518 g/mol. The number of amides is 1. The minimum absolute atomic E-state index is 0.0744. The number of methoxy groups -OCH3 is 1. The van der Waals surface area contributed by atoms with Gasteiger partial charge in [0.25, 0.3) is 5.91 Å². The summed E-state index contributed by atoms with van der Waals surface area (Å²) in [4.78, 5) is 12.9. The van der Waals surface area contributed by atoms with E-state index in [1.165, 1.54) is 43.5 Å². The van der Waals surface area contributed by atoms with Crippen molar-refractivity contribution in [3.63, 3.8) is 0 Å². The lowest BCUT2D eigenvalue weighted by molar-refractivity contribution is -0.122. The van der Waals surface area contributed by atoms with Crippen molar-refractivity contribution in [2.45, 2.75) is 30.9 Å². The topological polar surface area (TPSA) is 131 Å². The third kappa shape index (κ3) is 5.69. The summed E-state index contributed by atoms with van der Waals surface area (Å²) < 4.78 is 64.2. The SMILES string of the molecule is COc1ccc(S(=O)(=O)NC(C)C)cc1NC(=O)C1CN(S(C)(=O)=O)c2cc(Cl)ccc2O1. The van der Waals surface area contributed by atoms with Crippen LogP contribution < -0.4 is 23.8 Å². The zero-order chi connectivity index (χ0) is 24.6. The number of nitrogens with zero attached hydrogens (tertiary/aromatic N) is 1. The molecule has 0 saturated carbocycles. The minimum atomic E-state index is -3.83. The number of benzene rings is 2. The first-order chi connectivity index (χ1) is 15.3. The Morgan fingerprint density at radius 2 is 1.88 bits per heavy atom. The normalized spacial score (nSPS) is 16.2. The molecule has 1 amide bonds. The number of fused-ring (bicyclic) bond motifs is 1. The highest BCUT2D eigenvalue weighted by molar-refractivity contribution is 7.92. The number of sulfonamides is 2. The van der Waals surface area contributed by atoms with Crippen LogP contribution in [0.3, 0.4) is 0 Å². The van der Waals surface area contributed by atoms with Crippen LogP contribution in [0.5, 0.6) is 11.5 Å². The van der Waals surface area contributed by atoms with Crippen LogP contribution in [-0.4, -0.2) is 54.8 Å².